The molecule has 0 bridgehead atoms. The fraction of sp³-hybridized carbons (Fsp3) is 0.625. The summed E-state index contributed by atoms with van der Waals surface area (Å²) in [5.41, 5.74) is 0.597. The predicted molar refractivity (Wildman–Crippen MR) is 126 cm³/mol. The van der Waals surface area contributed by atoms with Crippen molar-refractivity contribution < 1.29 is 19.1 Å². The summed E-state index contributed by atoms with van der Waals surface area (Å²) in [5, 5.41) is 11.3. The fourth-order valence-corrected chi connectivity index (χ4v) is 4.94. The smallest absolute Gasteiger partial charge is 0.326 e. The van der Waals surface area contributed by atoms with Crippen LogP contribution in [0.1, 0.15) is 55.9 Å². The molecule has 4 rings (SSSR count). The highest BCUT2D eigenvalue weighted by molar-refractivity contribution is 5.97. The van der Waals surface area contributed by atoms with Gasteiger partial charge in [0.1, 0.15) is 5.82 Å². The first-order chi connectivity index (χ1) is 16.2. The van der Waals surface area contributed by atoms with Gasteiger partial charge in [-0.2, -0.15) is 0 Å². The van der Waals surface area contributed by atoms with Crippen LogP contribution in [-0.2, 0) is 4.79 Å². The third kappa shape index (κ3) is 5.17. The monoisotopic (exact) mass is 475 g/mol. The van der Waals surface area contributed by atoms with Crippen molar-refractivity contribution in [2.24, 2.45) is 5.41 Å². The number of amides is 2. The SMILES string of the molecule is CC1(C)CCN(C(=O)CN2CCC(n3c(=O)[nH]c4cc(C(=O)NCCO)c(F)cc43)CC2)CC1. The number of piperidine rings is 2. The minimum absolute atomic E-state index is 0.0185. The number of carbonyl (C=O) groups is 2. The van der Waals surface area contributed by atoms with Gasteiger partial charge in [-0.15, -0.1) is 0 Å². The number of aromatic nitrogens is 2. The molecule has 0 radical (unpaired) electrons. The molecule has 9 nitrogen and oxygen atoms in total. The van der Waals surface area contributed by atoms with E-state index in [1.165, 1.54) is 12.1 Å². The van der Waals surface area contributed by atoms with Crippen molar-refractivity contribution in [3.8, 4) is 0 Å². The zero-order chi connectivity index (χ0) is 24.5. The molecule has 3 heterocycles. The van der Waals surface area contributed by atoms with Gasteiger partial charge in [0.05, 0.1) is 29.7 Å². The van der Waals surface area contributed by atoms with Crippen LogP contribution in [0.4, 0.5) is 4.39 Å². The molecule has 1 aromatic carbocycles. The number of aromatic amines is 1. The molecule has 1 aromatic heterocycles. The molecule has 0 saturated carbocycles. The molecule has 2 aliphatic heterocycles. The van der Waals surface area contributed by atoms with Gasteiger partial charge in [-0.25, -0.2) is 9.18 Å². The number of imidazole rings is 1. The van der Waals surface area contributed by atoms with Crippen molar-refractivity contribution in [1.82, 2.24) is 24.7 Å². The van der Waals surface area contributed by atoms with E-state index in [-0.39, 0.29) is 36.4 Å². The number of rotatable bonds is 6. The molecule has 0 unspecified atom stereocenters. The summed E-state index contributed by atoms with van der Waals surface area (Å²) in [4.78, 5) is 44.4. The Bertz CT molecular complexity index is 1110. The second kappa shape index (κ2) is 9.87. The van der Waals surface area contributed by atoms with Gasteiger partial charge in [0.25, 0.3) is 5.91 Å². The number of nitrogens with zero attached hydrogens (tertiary/aromatic N) is 3. The summed E-state index contributed by atoms with van der Waals surface area (Å²) in [6.07, 6.45) is 3.39. The van der Waals surface area contributed by atoms with Crippen LogP contribution >= 0.6 is 0 Å². The number of nitrogens with one attached hydrogen (secondary N) is 2. The summed E-state index contributed by atoms with van der Waals surface area (Å²) in [5.74, 6) is -1.20. The number of carbonyl (C=O) groups excluding carboxylic acids is 2. The van der Waals surface area contributed by atoms with Gasteiger partial charge in [0.2, 0.25) is 5.91 Å². The Balaban J connectivity index is 1.40. The van der Waals surface area contributed by atoms with Crippen LogP contribution in [0.25, 0.3) is 11.0 Å². The number of aliphatic hydroxyl groups excluding tert-OH is 1. The Labute approximate surface area is 197 Å². The van der Waals surface area contributed by atoms with Gasteiger partial charge in [-0.3, -0.25) is 19.1 Å². The van der Waals surface area contributed by atoms with Gasteiger partial charge in [0.15, 0.2) is 0 Å². The van der Waals surface area contributed by atoms with Crippen molar-refractivity contribution >= 4 is 22.8 Å². The van der Waals surface area contributed by atoms with Gasteiger partial charge in [0, 0.05) is 44.8 Å². The second-order valence-electron chi connectivity index (χ2n) is 10.2. The third-order valence-electron chi connectivity index (χ3n) is 7.20. The quantitative estimate of drug-likeness (QED) is 0.586. The van der Waals surface area contributed by atoms with Crippen LogP contribution in [0.5, 0.6) is 0 Å². The molecule has 186 valence electrons. The normalized spacial score (nSPS) is 19.5. The molecular weight excluding hydrogens is 441 g/mol. The highest BCUT2D eigenvalue weighted by atomic mass is 19.1. The second-order valence-corrected chi connectivity index (χ2v) is 10.2. The number of hydrogen-bond acceptors (Lipinski definition) is 5. The number of fused-ring (bicyclic) bond motifs is 1. The van der Waals surface area contributed by atoms with E-state index in [1.54, 1.807) is 4.57 Å². The molecular formula is C24H34FN5O4. The summed E-state index contributed by atoms with van der Waals surface area (Å²) in [7, 11) is 0. The molecule has 34 heavy (non-hydrogen) atoms. The van der Waals surface area contributed by atoms with E-state index in [4.69, 9.17) is 5.11 Å². The van der Waals surface area contributed by atoms with Crippen molar-refractivity contribution in [2.75, 3.05) is 45.9 Å². The highest BCUT2D eigenvalue weighted by Gasteiger charge is 2.30. The van der Waals surface area contributed by atoms with E-state index >= 15 is 0 Å². The topological polar surface area (TPSA) is 111 Å². The maximum absolute atomic E-state index is 14.7. The number of hydrogen-bond donors (Lipinski definition) is 3. The van der Waals surface area contributed by atoms with E-state index in [0.29, 0.717) is 48.9 Å². The third-order valence-corrected chi connectivity index (χ3v) is 7.20. The molecule has 2 saturated heterocycles. The Hall–Kier alpha value is -2.72. The average Bonchev–Trinajstić information content (AvgIpc) is 3.11. The van der Waals surface area contributed by atoms with Crippen LogP contribution in [0.2, 0.25) is 0 Å². The lowest BCUT2D eigenvalue weighted by Gasteiger charge is -2.38. The van der Waals surface area contributed by atoms with Gasteiger partial charge < -0.3 is 20.3 Å². The maximum atomic E-state index is 14.7. The number of benzene rings is 1. The Morgan fingerprint density at radius 1 is 1.18 bits per heavy atom. The molecule has 2 aliphatic rings. The largest absolute Gasteiger partial charge is 0.395 e. The Morgan fingerprint density at radius 3 is 2.50 bits per heavy atom. The van der Waals surface area contributed by atoms with E-state index in [9.17, 15) is 18.8 Å². The Kier molecular flexibility index (Phi) is 7.09. The van der Waals surface area contributed by atoms with Crippen LogP contribution < -0.4 is 11.0 Å². The van der Waals surface area contributed by atoms with E-state index in [1.807, 2.05) is 4.90 Å². The zero-order valence-electron chi connectivity index (χ0n) is 19.9. The lowest BCUT2D eigenvalue weighted by atomic mass is 9.82. The standard InChI is InChI=1S/C24H34FN5O4/c1-24(2)5-10-29(11-6-24)21(32)15-28-8-3-16(4-9-28)30-20-14-18(25)17(22(33)26-7-12-31)13-19(20)27-23(30)34/h13-14,16,31H,3-12,15H2,1-2H3,(H,26,33)(H,27,34). The molecule has 2 amide bonds. The molecule has 3 N–H and O–H groups in total. The molecule has 2 aromatic rings. The molecule has 0 spiro atoms. The molecule has 0 aliphatic carbocycles. The molecule has 0 atom stereocenters. The minimum atomic E-state index is -0.719. The average molecular weight is 476 g/mol. The van der Waals surface area contributed by atoms with Crippen LogP contribution in [0, 0.1) is 11.2 Å². The van der Waals surface area contributed by atoms with Crippen molar-refractivity contribution in [3.05, 3.63) is 34.0 Å². The predicted octanol–water partition coefficient (Wildman–Crippen LogP) is 1.48. The van der Waals surface area contributed by atoms with Gasteiger partial charge >= 0.3 is 5.69 Å². The van der Waals surface area contributed by atoms with Crippen molar-refractivity contribution in [1.29, 1.82) is 0 Å². The zero-order valence-corrected chi connectivity index (χ0v) is 19.9. The number of H-pyrrole nitrogens is 1. The van der Waals surface area contributed by atoms with E-state index in [0.717, 1.165) is 25.9 Å². The fourth-order valence-electron chi connectivity index (χ4n) is 4.94. The Morgan fingerprint density at radius 2 is 1.85 bits per heavy atom. The summed E-state index contributed by atoms with van der Waals surface area (Å²) in [6.45, 7) is 7.61. The van der Waals surface area contributed by atoms with E-state index in [2.05, 4.69) is 29.0 Å². The van der Waals surface area contributed by atoms with E-state index < -0.39 is 11.7 Å². The first kappa shape index (κ1) is 24.4. The lowest BCUT2D eigenvalue weighted by Crippen LogP contribution is -2.47. The lowest BCUT2D eigenvalue weighted by molar-refractivity contribution is -0.134. The molecule has 10 heteroatoms. The highest BCUT2D eigenvalue weighted by Crippen LogP contribution is 2.30. The molecule has 2 fully saturated rings. The van der Waals surface area contributed by atoms with Gasteiger partial charge in [-0.1, -0.05) is 13.8 Å². The maximum Gasteiger partial charge on any atom is 0.326 e. The number of likely N-dealkylation sites (tertiary alicyclic amines) is 2. The van der Waals surface area contributed by atoms with Crippen molar-refractivity contribution in [2.45, 2.75) is 45.6 Å². The summed E-state index contributed by atoms with van der Waals surface area (Å²) < 4.78 is 16.3. The summed E-state index contributed by atoms with van der Waals surface area (Å²) in [6, 6.07) is 2.44. The summed E-state index contributed by atoms with van der Waals surface area (Å²) >= 11 is 0. The number of halogens is 1. The first-order valence-electron chi connectivity index (χ1n) is 12.0. The minimum Gasteiger partial charge on any atom is -0.395 e. The van der Waals surface area contributed by atoms with Gasteiger partial charge in [-0.05, 0) is 37.2 Å². The van der Waals surface area contributed by atoms with Crippen LogP contribution in [-0.4, -0.2) is 82.1 Å². The van der Waals surface area contributed by atoms with Crippen LogP contribution in [0.3, 0.4) is 0 Å². The van der Waals surface area contributed by atoms with Crippen LogP contribution in [0.15, 0.2) is 16.9 Å². The van der Waals surface area contributed by atoms with Crippen molar-refractivity contribution in [3.63, 3.8) is 0 Å². The number of aliphatic hydroxyl groups is 1. The first-order valence-corrected chi connectivity index (χ1v) is 12.0.